The van der Waals surface area contributed by atoms with E-state index in [0.29, 0.717) is 0 Å². The zero-order chi connectivity index (χ0) is 17.7. The van der Waals surface area contributed by atoms with Crippen molar-refractivity contribution in [2.75, 3.05) is 5.32 Å². The van der Waals surface area contributed by atoms with Crippen molar-refractivity contribution in [3.63, 3.8) is 0 Å². The fraction of sp³-hybridized carbons (Fsp3) is 0.263. The molecule has 0 radical (unpaired) electrons. The highest BCUT2D eigenvalue weighted by atomic mass is 32.1. The van der Waals surface area contributed by atoms with Gasteiger partial charge in [-0.15, -0.1) is 11.3 Å². The molecule has 1 heterocycles. The number of anilines is 1. The number of amides is 1. The summed E-state index contributed by atoms with van der Waals surface area (Å²) in [6.45, 7) is 7.47. The molecular weight excluding hydrogens is 322 g/mol. The smallest absolute Gasteiger partial charge is 0.331 e. The minimum atomic E-state index is -0.868. The molecule has 0 fully saturated rings. The molecule has 1 aromatic carbocycles. The summed E-state index contributed by atoms with van der Waals surface area (Å²) in [7, 11) is 0. The molecule has 2 aromatic rings. The van der Waals surface area contributed by atoms with Gasteiger partial charge in [-0.1, -0.05) is 17.7 Å². The fourth-order valence-electron chi connectivity index (χ4n) is 2.15. The number of hydrogen-bond acceptors (Lipinski definition) is 4. The second-order valence-corrected chi connectivity index (χ2v) is 6.99. The number of carbonyl (C=O) groups is 2. The Bertz CT molecular complexity index is 777. The Morgan fingerprint density at radius 2 is 1.92 bits per heavy atom. The van der Waals surface area contributed by atoms with E-state index in [-0.39, 0.29) is 5.91 Å². The van der Waals surface area contributed by atoms with Gasteiger partial charge in [0, 0.05) is 21.5 Å². The number of hydrogen-bond donors (Lipinski definition) is 1. The second-order valence-electron chi connectivity index (χ2n) is 5.67. The lowest BCUT2D eigenvalue weighted by Crippen LogP contribution is -2.29. The molecule has 0 bridgehead atoms. The molecule has 4 nitrogen and oxygen atoms in total. The van der Waals surface area contributed by atoms with Gasteiger partial charge in [0.2, 0.25) is 0 Å². The van der Waals surface area contributed by atoms with Crippen LogP contribution in [-0.4, -0.2) is 18.0 Å². The molecule has 1 aromatic heterocycles. The van der Waals surface area contributed by atoms with E-state index in [2.05, 4.69) is 5.32 Å². The number of rotatable bonds is 5. The van der Waals surface area contributed by atoms with Crippen LogP contribution in [0.4, 0.5) is 5.69 Å². The second kappa shape index (κ2) is 7.93. The van der Waals surface area contributed by atoms with E-state index in [4.69, 9.17) is 4.74 Å². The minimum absolute atomic E-state index is 0.351. The van der Waals surface area contributed by atoms with E-state index < -0.39 is 12.1 Å². The van der Waals surface area contributed by atoms with Crippen LogP contribution in [0.15, 0.2) is 36.4 Å². The van der Waals surface area contributed by atoms with Crippen LogP contribution < -0.4 is 5.32 Å². The van der Waals surface area contributed by atoms with Crippen LogP contribution in [0.2, 0.25) is 0 Å². The van der Waals surface area contributed by atoms with Gasteiger partial charge in [-0.3, -0.25) is 4.79 Å². The minimum Gasteiger partial charge on any atom is -0.449 e. The van der Waals surface area contributed by atoms with E-state index in [1.54, 1.807) is 24.3 Å². The third-order valence-electron chi connectivity index (χ3n) is 3.45. The number of carbonyl (C=O) groups excluding carboxylic acids is 2. The number of nitrogens with one attached hydrogen (secondary N) is 1. The topological polar surface area (TPSA) is 55.4 Å². The molecule has 0 saturated heterocycles. The highest BCUT2D eigenvalue weighted by molar-refractivity contribution is 7.12. The third kappa shape index (κ3) is 5.06. The first-order valence-corrected chi connectivity index (χ1v) is 8.50. The number of thiophene rings is 1. The predicted molar refractivity (Wildman–Crippen MR) is 98.2 cm³/mol. The van der Waals surface area contributed by atoms with E-state index in [1.165, 1.54) is 11.0 Å². The maximum absolute atomic E-state index is 12.2. The van der Waals surface area contributed by atoms with Crippen LogP contribution in [0.5, 0.6) is 0 Å². The number of esters is 1. The van der Waals surface area contributed by atoms with Gasteiger partial charge >= 0.3 is 5.97 Å². The van der Waals surface area contributed by atoms with Crippen LogP contribution in [-0.2, 0) is 14.3 Å². The molecule has 0 aliphatic carbocycles. The van der Waals surface area contributed by atoms with Gasteiger partial charge in [-0.2, -0.15) is 0 Å². The zero-order valence-corrected chi connectivity index (χ0v) is 15.1. The van der Waals surface area contributed by atoms with Crippen molar-refractivity contribution in [3.8, 4) is 0 Å². The maximum atomic E-state index is 12.2. The van der Waals surface area contributed by atoms with Crippen LogP contribution in [0.1, 0.15) is 27.8 Å². The van der Waals surface area contributed by atoms with Gasteiger partial charge < -0.3 is 10.1 Å². The van der Waals surface area contributed by atoms with Crippen molar-refractivity contribution in [3.05, 3.63) is 57.3 Å². The molecule has 126 valence electrons. The Hall–Kier alpha value is -2.40. The Morgan fingerprint density at radius 1 is 1.17 bits per heavy atom. The normalized spacial score (nSPS) is 12.2. The van der Waals surface area contributed by atoms with Crippen molar-refractivity contribution < 1.29 is 14.3 Å². The zero-order valence-electron chi connectivity index (χ0n) is 14.3. The van der Waals surface area contributed by atoms with Crippen molar-refractivity contribution >= 4 is 35.0 Å². The molecule has 0 aliphatic heterocycles. The Labute approximate surface area is 146 Å². The lowest BCUT2D eigenvalue weighted by Gasteiger charge is -2.14. The maximum Gasteiger partial charge on any atom is 0.331 e. The van der Waals surface area contributed by atoms with Crippen LogP contribution >= 0.6 is 11.3 Å². The average molecular weight is 343 g/mol. The van der Waals surface area contributed by atoms with Crippen molar-refractivity contribution in [2.45, 2.75) is 33.8 Å². The molecule has 5 heteroatoms. The highest BCUT2D eigenvalue weighted by Crippen LogP contribution is 2.17. The largest absolute Gasteiger partial charge is 0.449 e. The number of aryl methyl sites for hydroxylation is 3. The van der Waals surface area contributed by atoms with E-state index >= 15 is 0 Å². The molecule has 0 saturated carbocycles. The molecule has 0 spiro atoms. The first-order valence-electron chi connectivity index (χ1n) is 7.68. The Morgan fingerprint density at radius 3 is 2.54 bits per heavy atom. The molecule has 0 aliphatic rings. The average Bonchev–Trinajstić information content (AvgIpc) is 2.93. The van der Waals surface area contributed by atoms with Crippen molar-refractivity contribution in [1.29, 1.82) is 0 Å². The van der Waals surface area contributed by atoms with Gasteiger partial charge in [-0.05, 0) is 57.5 Å². The first kappa shape index (κ1) is 17.9. The predicted octanol–water partition coefficient (Wildman–Crippen LogP) is 4.26. The van der Waals surface area contributed by atoms with Gasteiger partial charge in [0.05, 0.1) is 0 Å². The summed E-state index contributed by atoms with van der Waals surface area (Å²) in [5.74, 6) is -0.889. The first-order chi connectivity index (χ1) is 11.3. The summed E-state index contributed by atoms with van der Waals surface area (Å²) in [6, 6.07) is 9.66. The molecule has 1 N–H and O–H groups in total. The van der Waals surface area contributed by atoms with Crippen LogP contribution in [0.3, 0.4) is 0 Å². The monoisotopic (exact) mass is 343 g/mol. The standard InChI is InChI=1S/C19H21NO3S/c1-12-5-9-17(13(2)11-12)20-19(22)15(4)23-18(21)10-8-16-7-6-14(3)24-16/h5-11,15H,1-4H3,(H,20,22)/b10-8+/t15-/m1/s1. The van der Waals surface area contributed by atoms with E-state index in [9.17, 15) is 9.59 Å². The summed E-state index contributed by atoms with van der Waals surface area (Å²) < 4.78 is 5.14. The molecule has 1 amide bonds. The van der Waals surface area contributed by atoms with Crippen LogP contribution in [0.25, 0.3) is 6.08 Å². The number of ether oxygens (including phenoxy) is 1. The van der Waals surface area contributed by atoms with Gasteiger partial charge in [0.15, 0.2) is 6.10 Å². The lowest BCUT2D eigenvalue weighted by atomic mass is 10.1. The number of benzene rings is 1. The summed E-state index contributed by atoms with van der Waals surface area (Å²) in [6.07, 6.45) is 2.16. The Kier molecular flexibility index (Phi) is 5.93. The lowest BCUT2D eigenvalue weighted by molar-refractivity contribution is -0.148. The Balaban J connectivity index is 1.90. The molecule has 1 atom stereocenters. The summed E-state index contributed by atoms with van der Waals surface area (Å²) in [5, 5.41) is 2.78. The van der Waals surface area contributed by atoms with E-state index in [0.717, 1.165) is 21.7 Å². The third-order valence-corrected chi connectivity index (χ3v) is 4.41. The van der Waals surface area contributed by atoms with Crippen molar-refractivity contribution in [1.82, 2.24) is 0 Å². The molecule has 2 rings (SSSR count). The fourth-order valence-corrected chi connectivity index (χ4v) is 2.93. The van der Waals surface area contributed by atoms with E-state index in [1.807, 2.05) is 51.1 Å². The molecule has 24 heavy (non-hydrogen) atoms. The summed E-state index contributed by atoms with van der Waals surface area (Å²) in [5.41, 5.74) is 2.81. The van der Waals surface area contributed by atoms with Crippen LogP contribution in [0, 0.1) is 20.8 Å². The molecular formula is C19H21NO3S. The SMILES string of the molecule is Cc1ccc(NC(=O)[C@@H](C)OC(=O)/C=C/c2ccc(C)s2)c(C)c1. The quantitative estimate of drug-likeness (QED) is 0.652. The summed E-state index contributed by atoms with van der Waals surface area (Å²) >= 11 is 1.59. The summed E-state index contributed by atoms with van der Waals surface area (Å²) in [4.78, 5) is 26.1. The van der Waals surface area contributed by atoms with Crippen molar-refractivity contribution in [2.24, 2.45) is 0 Å². The molecule has 0 unspecified atom stereocenters. The van der Waals surface area contributed by atoms with Gasteiger partial charge in [0.1, 0.15) is 0 Å². The van der Waals surface area contributed by atoms with Gasteiger partial charge in [-0.25, -0.2) is 4.79 Å². The highest BCUT2D eigenvalue weighted by Gasteiger charge is 2.17. The van der Waals surface area contributed by atoms with Gasteiger partial charge in [0.25, 0.3) is 5.91 Å².